The maximum atomic E-state index is 13.0. The number of rotatable bonds is 4. The SMILES string of the molecule is NCc1cc(O[C@H]2CCCN(c3ccc(Cl)c(Cl)c3)C2)nc(C(F)(F)F)c1. The van der Waals surface area contributed by atoms with Crippen LogP contribution in [0.2, 0.25) is 10.0 Å². The Morgan fingerprint density at radius 3 is 2.63 bits per heavy atom. The van der Waals surface area contributed by atoms with Crippen molar-refractivity contribution in [3.05, 3.63) is 51.6 Å². The van der Waals surface area contributed by atoms with Gasteiger partial charge in [0.25, 0.3) is 0 Å². The monoisotopic (exact) mass is 419 g/mol. The van der Waals surface area contributed by atoms with E-state index in [-0.39, 0.29) is 18.5 Å². The lowest BCUT2D eigenvalue weighted by Crippen LogP contribution is -2.41. The lowest BCUT2D eigenvalue weighted by Gasteiger charge is -2.34. The van der Waals surface area contributed by atoms with E-state index in [1.165, 1.54) is 6.07 Å². The predicted molar refractivity (Wildman–Crippen MR) is 99.5 cm³/mol. The molecule has 146 valence electrons. The fourth-order valence-corrected chi connectivity index (χ4v) is 3.30. The van der Waals surface area contributed by atoms with Gasteiger partial charge in [-0.1, -0.05) is 23.2 Å². The molecule has 4 nitrogen and oxygen atoms in total. The summed E-state index contributed by atoms with van der Waals surface area (Å²) in [5.74, 6) is -0.0636. The van der Waals surface area contributed by atoms with E-state index in [0.717, 1.165) is 24.7 Å². The average molecular weight is 420 g/mol. The lowest BCUT2D eigenvalue weighted by atomic mass is 10.1. The first-order valence-electron chi connectivity index (χ1n) is 8.41. The van der Waals surface area contributed by atoms with Gasteiger partial charge in [-0.25, -0.2) is 4.98 Å². The summed E-state index contributed by atoms with van der Waals surface area (Å²) in [6.07, 6.45) is -3.31. The van der Waals surface area contributed by atoms with Gasteiger partial charge in [0, 0.05) is 24.8 Å². The van der Waals surface area contributed by atoms with E-state index in [2.05, 4.69) is 9.88 Å². The van der Waals surface area contributed by atoms with Gasteiger partial charge >= 0.3 is 6.18 Å². The van der Waals surface area contributed by atoms with Gasteiger partial charge in [-0.3, -0.25) is 0 Å². The Bertz CT molecular complexity index is 817. The third-order valence-electron chi connectivity index (χ3n) is 4.32. The van der Waals surface area contributed by atoms with Crippen molar-refractivity contribution in [2.75, 3.05) is 18.0 Å². The molecule has 1 aromatic carbocycles. The molecule has 2 aromatic rings. The standard InChI is InChI=1S/C18H18Cl2F3N3O/c19-14-4-3-12(8-15(14)20)26-5-1-2-13(10-26)27-17-7-11(9-24)6-16(25-17)18(21,22)23/h3-4,6-8,13H,1-2,5,9-10,24H2/t13-/m0/s1. The Labute approximate surface area is 165 Å². The van der Waals surface area contributed by atoms with Crippen LogP contribution in [0.25, 0.3) is 0 Å². The van der Waals surface area contributed by atoms with Crippen molar-refractivity contribution < 1.29 is 17.9 Å². The molecule has 0 amide bonds. The number of halogens is 5. The van der Waals surface area contributed by atoms with E-state index in [1.807, 2.05) is 6.07 Å². The Balaban J connectivity index is 1.76. The van der Waals surface area contributed by atoms with E-state index >= 15 is 0 Å². The van der Waals surface area contributed by atoms with E-state index < -0.39 is 11.9 Å². The fraction of sp³-hybridized carbons (Fsp3) is 0.389. The van der Waals surface area contributed by atoms with Crippen molar-refractivity contribution in [3.63, 3.8) is 0 Å². The molecule has 27 heavy (non-hydrogen) atoms. The van der Waals surface area contributed by atoms with Crippen LogP contribution in [0.4, 0.5) is 18.9 Å². The second kappa shape index (κ2) is 8.12. The molecule has 1 saturated heterocycles. The summed E-state index contributed by atoms with van der Waals surface area (Å²) in [6.45, 7) is 1.28. The molecule has 0 aliphatic carbocycles. The number of piperidine rings is 1. The zero-order chi connectivity index (χ0) is 19.6. The number of alkyl halides is 3. The third kappa shape index (κ3) is 4.97. The smallest absolute Gasteiger partial charge is 0.433 e. The minimum atomic E-state index is -4.55. The van der Waals surface area contributed by atoms with Gasteiger partial charge in [-0.2, -0.15) is 13.2 Å². The first-order valence-corrected chi connectivity index (χ1v) is 9.16. The van der Waals surface area contributed by atoms with Crippen molar-refractivity contribution >= 4 is 28.9 Å². The molecule has 0 saturated carbocycles. The highest BCUT2D eigenvalue weighted by Gasteiger charge is 2.34. The molecule has 0 unspecified atom stereocenters. The molecule has 2 N–H and O–H groups in total. The van der Waals surface area contributed by atoms with Gasteiger partial charge in [-0.15, -0.1) is 0 Å². The molecule has 1 fully saturated rings. The fourth-order valence-electron chi connectivity index (χ4n) is 3.00. The number of hydrogen-bond donors (Lipinski definition) is 1. The lowest BCUT2D eigenvalue weighted by molar-refractivity contribution is -0.141. The van der Waals surface area contributed by atoms with Crippen LogP contribution in [0.15, 0.2) is 30.3 Å². The maximum Gasteiger partial charge on any atom is 0.433 e. The molecule has 0 spiro atoms. The normalized spacial score (nSPS) is 17.9. The minimum Gasteiger partial charge on any atom is -0.472 e. The number of nitrogens with two attached hydrogens (primary N) is 1. The molecule has 3 rings (SSSR count). The first-order chi connectivity index (χ1) is 12.8. The van der Waals surface area contributed by atoms with E-state index in [0.29, 0.717) is 28.6 Å². The summed E-state index contributed by atoms with van der Waals surface area (Å²) >= 11 is 12.0. The molecule has 1 aliphatic rings. The van der Waals surface area contributed by atoms with Crippen LogP contribution in [0.3, 0.4) is 0 Å². The van der Waals surface area contributed by atoms with Gasteiger partial charge < -0.3 is 15.4 Å². The average Bonchev–Trinajstić information content (AvgIpc) is 2.63. The van der Waals surface area contributed by atoms with Crippen LogP contribution in [0, 0.1) is 0 Å². The summed E-state index contributed by atoms with van der Waals surface area (Å²) in [7, 11) is 0. The molecular weight excluding hydrogens is 402 g/mol. The van der Waals surface area contributed by atoms with Gasteiger partial charge in [0.15, 0.2) is 0 Å². The van der Waals surface area contributed by atoms with E-state index in [1.54, 1.807) is 12.1 Å². The topological polar surface area (TPSA) is 51.4 Å². The Hall–Kier alpha value is -1.70. The van der Waals surface area contributed by atoms with Crippen molar-refractivity contribution in [1.82, 2.24) is 4.98 Å². The first kappa shape index (κ1) is 20.0. The molecule has 0 bridgehead atoms. The number of ether oxygens (including phenoxy) is 1. The van der Waals surface area contributed by atoms with Gasteiger partial charge in [0.2, 0.25) is 5.88 Å². The maximum absolute atomic E-state index is 13.0. The van der Waals surface area contributed by atoms with E-state index in [9.17, 15) is 13.2 Å². The summed E-state index contributed by atoms with van der Waals surface area (Å²) in [5.41, 5.74) is 5.71. The third-order valence-corrected chi connectivity index (χ3v) is 5.06. The minimum absolute atomic E-state index is 0.0258. The number of nitrogens with zero attached hydrogens (tertiary/aromatic N) is 2. The van der Waals surface area contributed by atoms with Crippen LogP contribution in [-0.4, -0.2) is 24.2 Å². The second-order valence-corrected chi connectivity index (χ2v) is 7.14. The summed E-state index contributed by atoms with van der Waals surface area (Å²) in [5, 5.41) is 0.914. The quantitative estimate of drug-likeness (QED) is 0.764. The van der Waals surface area contributed by atoms with E-state index in [4.69, 9.17) is 33.7 Å². The highest BCUT2D eigenvalue weighted by molar-refractivity contribution is 6.42. The molecule has 1 aromatic heterocycles. The molecule has 2 heterocycles. The van der Waals surface area contributed by atoms with Gasteiger partial charge in [0.05, 0.1) is 16.6 Å². The second-order valence-electron chi connectivity index (χ2n) is 6.33. The number of anilines is 1. The van der Waals surface area contributed by atoms with Gasteiger partial charge in [0.1, 0.15) is 11.8 Å². The van der Waals surface area contributed by atoms with Crippen LogP contribution < -0.4 is 15.4 Å². The van der Waals surface area contributed by atoms with Crippen molar-refractivity contribution in [3.8, 4) is 5.88 Å². The Morgan fingerprint density at radius 2 is 1.96 bits per heavy atom. The number of benzene rings is 1. The molecular formula is C18H18Cl2F3N3O. The summed E-state index contributed by atoms with van der Waals surface area (Å²) in [6, 6.07) is 7.72. The molecule has 0 radical (unpaired) electrons. The van der Waals surface area contributed by atoms with Crippen LogP contribution in [0.1, 0.15) is 24.1 Å². The van der Waals surface area contributed by atoms with Crippen molar-refractivity contribution in [2.45, 2.75) is 31.7 Å². The van der Waals surface area contributed by atoms with Crippen LogP contribution in [-0.2, 0) is 12.7 Å². The number of pyridine rings is 1. The molecule has 9 heteroatoms. The summed E-state index contributed by atoms with van der Waals surface area (Å²) < 4.78 is 44.9. The molecule has 1 aliphatic heterocycles. The Kier molecular flexibility index (Phi) is 6.03. The molecule has 1 atom stereocenters. The number of hydrogen-bond acceptors (Lipinski definition) is 4. The zero-order valence-corrected chi connectivity index (χ0v) is 15.8. The van der Waals surface area contributed by atoms with Crippen molar-refractivity contribution in [2.24, 2.45) is 5.73 Å². The zero-order valence-electron chi connectivity index (χ0n) is 14.3. The largest absolute Gasteiger partial charge is 0.472 e. The van der Waals surface area contributed by atoms with Crippen LogP contribution >= 0.6 is 23.2 Å². The Morgan fingerprint density at radius 1 is 1.19 bits per heavy atom. The summed E-state index contributed by atoms with van der Waals surface area (Å²) in [4.78, 5) is 5.67. The van der Waals surface area contributed by atoms with Crippen molar-refractivity contribution in [1.29, 1.82) is 0 Å². The highest BCUT2D eigenvalue weighted by atomic mass is 35.5. The predicted octanol–water partition coefficient (Wildman–Crippen LogP) is 4.91. The highest BCUT2D eigenvalue weighted by Crippen LogP contribution is 2.32. The van der Waals surface area contributed by atoms with Gasteiger partial charge in [-0.05, 0) is 42.7 Å². The van der Waals surface area contributed by atoms with Crippen LogP contribution in [0.5, 0.6) is 5.88 Å². The number of aromatic nitrogens is 1.